The Morgan fingerprint density at radius 3 is 2.04 bits per heavy atom. The molecule has 0 aromatic heterocycles. The number of carboxylic acid groups (broad SMARTS) is 1. The van der Waals surface area contributed by atoms with Crippen molar-refractivity contribution in [3.8, 4) is 0 Å². The van der Waals surface area contributed by atoms with Crippen molar-refractivity contribution in [1.82, 2.24) is 10.6 Å². The topological polar surface area (TPSA) is 95.5 Å². The summed E-state index contributed by atoms with van der Waals surface area (Å²) in [6, 6.07) is 16.7. The molecule has 2 aromatic rings. The fraction of sp³-hybridized carbons (Fsp3) is 0.250. The maximum atomic E-state index is 12.4. The molecule has 0 aliphatic heterocycles. The maximum Gasteiger partial charge on any atom is 0.326 e. The van der Waals surface area contributed by atoms with Crippen LogP contribution >= 0.6 is 0 Å². The van der Waals surface area contributed by atoms with Crippen LogP contribution in [-0.2, 0) is 20.8 Å². The predicted octanol–water partition coefficient (Wildman–Crippen LogP) is 2.07. The minimum atomic E-state index is -1.10. The van der Waals surface area contributed by atoms with E-state index in [0.29, 0.717) is 0 Å². The van der Waals surface area contributed by atoms with Crippen molar-refractivity contribution in [3.63, 3.8) is 0 Å². The summed E-state index contributed by atoms with van der Waals surface area (Å²) in [4.78, 5) is 35.3. The van der Waals surface area contributed by atoms with Gasteiger partial charge in [-0.15, -0.1) is 0 Å². The molecule has 26 heavy (non-hydrogen) atoms. The van der Waals surface area contributed by atoms with Gasteiger partial charge in [0, 0.05) is 13.3 Å². The second-order valence-corrected chi connectivity index (χ2v) is 6.02. The highest BCUT2D eigenvalue weighted by Gasteiger charge is 2.23. The van der Waals surface area contributed by atoms with E-state index in [2.05, 4.69) is 10.6 Å². The summed E-state index contributed by atoms with van der Waals surface area (Å²) in [5, 5.41) is 14.7. The normalized spacial score (nSPS) is 12.7. The van der Waals surface area contributed by atoms with Crippen molar-refractivity contribution < 1.29 is 19.5 Å². The molecule has 0 radical (unpaired) electrons. The van der Waals surface area contributed by atoms with Gasteiger partial charge in [-0.25, -0.2) is 4.79 Å². The quantitative estimate of drug-likeness (QED) is 0.676. The summed E-state index contributed by atoms with van der Waals surface area (Å²) in [6.45, 7) is 1.38. The Balaban J connectivity index is 2.05. The SMILES string of the molecule is CC(=O)NC(CC(=O)NC(Cc1ccccc1)C(=O)O)c1ccccc1. The molecule has 0 fully saturated rings. The molecule has 0 aliphatic rings. The molecule has 2 unspecified atom stereocenters. The van der Waals surface area contributed by atoms with E-state index in [0.717, 1.165) is 11.1 Å². The highest BCUT2D eigenvalue weighted by Crippen LogP contribution is 2.16. The van der Waals surface area contributed by atoms with Gasteiger partial charge in [-0.1, -0.05) is 60.7 Å². The average molecular weight is 354 g/mol. The van der Waals surface area contributed by atoms with Crippen LogP contribution < -0.4 is 10.6 Å². The third-order valence-electron chi connectivity index (χ3n) is 3.88. The molecule has 136 valence electrons. The van der Waals surface area contributed by atoms with Crippen LogP contribution in [0.25, 0.3) is 0 Å². The zero-order chi connectivity index (χ0) is 18.9. The third-order valence-corrected chi connectivity index (χ3v) is 3.88. The minimum Gasteiger partial charge on any atom is -0.480 e. The van der Waals surface area contributed by atoms with Crippen molar-refractivity contribution >= 4 is 17.8 Å². The molecule has 0 heterocycles. The van der Waals surface area contributed by atoms with Crippen molar-refractivity contribution in [2.24, 2.45) is 0 Å². The van der Waals surface area contributed by atoms with Crippen molar-refractivity contribution in [2.45, 2.75) is 31.8 Å². The van der Waals surface area contributed by atoms with Gasteiger partial charge in [-0.3, -0.25) is 9.59 Å². The summed E-state index contributed by atoms with van der Waals surface area (Å²) < 4.78 is 0. The van der Waals surface area contributed by atoms with Crippen molar-refractivity contribution in [2.75, 3.05) is 0 Å². The van der Waals surface area contributed by atoms with Crippen LogP contribution in [0.1, 0.15) is 30.5 Å². The largest absolute Gasteiger partial charge is 0.480 e. The Morgan fingerprint density at radius 2 is 1.50 bits per heavy atom. The van der Waals surface area contributed by atoms with Crippen LogP contribution in [0.2, 0.25) is 0 Å². The second-order valence-electron chi connectivity index (χ2n) is 6.02. The molecule has 2 aromatic carbocycles. The fourth-order valence-corrected chi connectivity index (χ4v) is 2.67. The third kappa shape index (κ3) is 6.05. The van der Waals surface area contributed by atoms with E-state index in [4.69, 9.17) is 0 Å². The van der Waals surface area contributed by atoms with Crippen molar-refractivity contribution in [3.05, 3.63) is 71.8 Å². The average Bonchev–Trinajstić information content (AvgIpc) is 2.62. The molecule has 3 N–H and O–H groups in total. The summed E-state index contributed by atoms with van der Waals surface area (Å²) in [6.07, 6.45) is 0.153. The van der Waals surface area contributed by atoms with Crippen LogP contribution in [0.5, 0.6) is 0 Å². The Bertz CT molecular complexity index is 747. The van der Waals surface area contributed by atoms with Gasteiger partial charge in [0.2, 0.25) is 11.8 Å². The number of carbonyl (C=O) groups is 3. The fourth-order valence-electron chi connectivity index (χ4n) is 2.67. The van der Waals surface area contributed by atoms with Gasteiger partial charge in [0.25, 0.3) is 0 Å². The summed E-state index contributed by atoms with van der Waals surface area (Å²) >= 11 is 0. The molecule has 0 bridgehead atoms. The molecule has 2 atom stereocenters. The lowest BCUT2D eigenvalue weighted by Gasteiger charge is -2.20. The van der Waals surface area contributed by atoms with Crippen LogP contribution in [-0.4, -0.2) is 28.9 Å². The van der Waals surface area contributed by atoms with Crippen LogP contribution in [0.4, 0.5) is 0 Å². The van der Waals surface area contributed by atoms with E-state index in [1.54, 1.807) is 0 Å². The van der Waals surface area contributed by atoms with E-state index >= 15 is 0 Å². The lowest BCUT2D eigenvalue weighted by Crippen LogP contribution is -2.43. The molecule has 0 spiro atoms. The summed E-state index contributed by atoms with van der Waals surface area (Å²) in [7, 11) is 0. The number of amides is 2. The first kappa shape index (κ1) is 19.2. The van der Waals surface area contributed by atoms with Crippen molar-refractivity contribution in [1.29, 1.82) is 0 Å². The summed E-state index contributed by atoms with van der Waals surface area (Å²) in [5.41, 5.74) is 1.61. The molecular weight excluding hydrogens is 332 g/mol. The van der Waals surface area contributed by atoms with Gasteiger partial charge in [0.15, 0.2) is 0 Å². The lowest BCUT2D eigenvalue weighted by molar-refractivity contribution is -0.142. The summed E-state index contributed by atoms with van der Waals surface area (Å²) in [5.74, 6) is -1.79. The van der Waals surface area contributed by atoms with Gasteiger partial charge in [0.1, 0.15) is 6.04 Å². The smallest absolute Gasteiger partial charge is 0.326 e. The number of benzene rings is 2. The number of hydrogen-bond donors (Lipinski definition) is 3. The molecule has 2 rings (SSSR count). The van der Waals surface area contributed by atoms with Gasteiger partial charge in [0.05, 0.1) is 12.5 Å². The van der Waals surface area contributed by atoms with E-state index in [1.165, 1.54) is 6.92 Å². The molecule has 6 nitrogen and oxygen atoms in total. The van der Waals surface area contributed by atoms with E-state index < -0.39 is 24.0 Å². The molecule has 0 saturated carbocycles. The Hall–Kier alpha value is -3.15. The Morgan fingerprint density at radius 1 is 0.923 bits per heavy atom. The molecule has 0 aliphatic carbocycles. The number of rotatable bonds is 8. The number of hydrogen-bond acceptors (Lipinski definition) is 3. The first-order valence-corrected chi connectivity index (χ1v) is 8.34. The number of carbonyl (C=O) groups excluding carboxylic acids is 2. The van der Waals surface area contributed by atoms with Gasteiger partial charge < -0.3 is 15.7 Å². The number of aliphatic carboxylic acids is 1. The molecular formula is C20H22N2O4. The molecule has 2 amide bonds. The highest BCUT2D eigenvalue weighted by molar-refractivity contribution is 5.84. The first-order chi connectivity index (χ1) is 12.5. The standard InChI is InChI=1S/C20H22N2O4/c1-14(23)21-17(16-10-6-3-7-11-16)13-19(24)22-18(20(25)26)12-15-8-4-2-5-9-15/h2-11,17-18H,12-13H2,1H3,(H,21,23)(H,22,24)(H,25,26). The Kier molecular flexibility index (Phi) is 6.91. The van der Waals surface area contributed by atoms with Crippen LogP contribution in [0, 0.1) is 0 Å². The lowest BCUT2D eigenvalue weighted by atomic mass is 10.0. The predicted molar refractivity (Wildman–Crippen MR) is 97.3 cm³/mol. The molecule has 6 heteroatoms. The van der Waals surface area contributed by atoms with Gasteiger partial charge in [-0.2, -0.15) is 0 Å². The highest BCUT2D eigenvalue weighted by atomic mass is 16.4. The van der Waals surface area contributed by atoms with Gasteiger partial charge >= 0.3 is 5.97 Å². The Labute approximate surface area is 152 Å². The monoisotopic (exact) mass is 354 g/mol. The van der Waals surface area contributed by atoms with E-state index in [1.807, 2.05) is 60.7 Å². The van der Waals surface area contributed by atoms with Crippen LogP contribution in [0.15, 0.2) is 60.7 Å². The zero-order valence-corrected chi connectivity index (χ0v) is 14.5. The first-order valence-electron chi connectivity index (χ1n) is 8.34. The number of nitrogens with one attached hydrogen (secondary N) is 2. The van der Waals surface area contributed by atoms with E-state index in [9.17, 15) is 19.5 Å². The second kappa shape index (κ2) is 9.36. The van der Waals surface area contributed by atoms with Gasteiger partial charge in [-0.05, 0) is 11.1 Å². The maximum absolute atomic E-state index is 12.4. The van der Waals surface area contributed by atoms with E-state index in [-0.39, 0.29) is 18.7 Å². The number of carboxylic acids is 1. The molecule has 0 saturated heterocycles. The van der Waals surface area contributed by atoms with Crippen LogP contribution in [0.3, 0.4) is 0 Å². The minimum absolute atomic E-state index is 0.0395. The zero-order valence-electron chi connectivity index (χ0n) is 14.5.